The molecule has 0 heterocycles. The van der Waals surface area contributed by atoms with E-state index in [-0.39, 0.29) is 16.4 Å². The summed E-state index contributed by atoms with van der Waals surface area (Å²) in [5, 5.41) is 0. The SMILES string of the molecule is CCC(N)CC(C)(C)c1ccc(S(=O)(=O)O)cc1. The lowest BCUT2D eigenvalue weighted by Crippen LogP contribution is -2.30. The average molecular weight is 271 g/mol. The first-order valence-corrected chi connectivity index (χ1v) is 7.44. The van der Waals surface area contributed by atoms with E-state index in [1.54, 1.807) is 12.1 Å². The summed E-state index contributed by atoms with van der Waals surface area (Å²) in [4.78, 5) is -0.0816. The molecule has 0 amide bonds. The van der Waals surface area contributed by atoms with E-state index in [1.165, 1.54) is 12.1 Å². The zero-order valence-corrected chi connectivity index (χ0v) is 11.9. The number of nitrogens with two attached hydrogens (primary N) is 1. The molecule has 102 valence electrons. The summed E-state index contributed by atoms with van der Waals surface area (Å²) in [6, 6.07) is 6.42. The molecule has 1 atom stereocenters. The van der Waals surface area contributed by atoms with Crippen LogP contribution in [0.2, 0.25) is 0 Å². The number of benzene rings is 1. The van der Waals surface area contributed by atoms with E-state index in [4.69, 9.17) is 10.3 Å². The predicted molar refractivity (Wildman–Crippen MR) is 72.2 cm³/mol. The minimum Gasteiger partial charge on any atom is -0.328 e. The van der Waals surface area contributed by atoms with Gasteiger partial charge in [0.2, 0.25) is 0 Å². The van der Waals surface area contributed by atoms with Crippen LogP contribution in [0.3, 0.4) is 0 Å². The zero-order chi connectivity index (χ0) is 14.0. The van der Waals surface area contributed by atoms with Crippen molar-refractivity contribution in [1.82, 2.24) is 0 Å². The molecule has 0 aliphatic carbocycles. The largest absolute Gasteiger partial charge is 0.328 e. The van der Waals surface area contributed by atoms with Gasteiger partial charge in [-0.05, 0) is 36.0 Å². The Morgan fingerprint density at radius 3 is 2.17 bits per heavy atom. The molecular weight excluding hydrogens is 250 g/mol. The standard InChI is InChI=1S/C13H21NO3S/c1-4-11(14)9-13(2,3)10-5-7-12(8-6-10)18(15,16)17/h5-8,11H,4,9,14H2,1-3H3,(H,15,16,17). The lowest BCUT2D eigenvalue weighted by atomic mass is 9.79. The highest BCUT2D eigenvalue weighted by molar-refractivity contribution is 7.85. The van der Waals surface area contributed by atoms with Crippen LogP contribution >= 0.6 is 0 Å². The maximum Gasteiger partial charge on any atom is 0.294 e. The molecule has 5 heteroatoms. The highest BCUT2D eigenvalue weighted by Crippen LogP contribution is 2.29. The number of hydrogen-bond donors (Lipinski definition) is 2. The summed E-state index contributed by atoms with van der Waals surface area (Å²) < 4.78 is 30.8. The molecule has 1 aromatic rings. The molecule has 0 saturated heterocycles. The zero-order valence-electron chi connectivity index (χ0n) is 11.1. The molecule has 0 aromatic heterocycles. The Labute approximate surface area is 109 Å². The van der Waals surface area contributed by atoms with Gasteiger partial charge in [0.05, 0.1) is 4.90 Å². The van der Waals surface area contributed by atoms with Crippen LogP contribution in [0.1, 0.15) is 39.2 Å². The van der Waals surface area contributed by atoms with Crippen molar-refractivity contribution in [2.45, 2.75) is 50.0 Å². The fourth-order valence-electron chi connectivity index (χ4n) is 2.00. The van der Waals surface area contributed by atoms with Crippen molar-refractivity contribution in [2.75, 3.05) is 0 Å². The summed E-state index contributed by atoms with van der Waals surface area (Å²) in [6.07, 6.45) is 1.74. The Morgan fingerprint density at radius 2 is 1.78 bits per heavy atom. The third kappa shape index (κ3) is 3.80. The Morgan fingerprint density at radius 1 is 1.28 bits per heavy atom. The van der Waals surface area contributed by atoms with Crippen molar-refractivity contribution < 1.29 is 13.0 Å². The van der Waals surface area contributed by atoms with Crippen LogP contribution in [0.5, 0.6) is 0 Å². The van der Waals surface area contributed by atoms with E-state index < -0.39 is 10.1 Å². The Bertz CT molecular complexity index is 491. The molecule has 1 rings (SSSR count). The highest BCUT2D eigenvalue weighted by Gasteiger charge is 2.23. The fourth-order valence-corrected chi connectivity index (χ4v) is 2.48. The molecule has 0 bridgehead atoms. The van der Waals surface area contributed by atoms with E-state index in [0.29, 0.717) is 0 Å². The van der Waals surface area contributed by atoms with Crippen LogP contribution in [0, 0.1) is 0 Å². The van der Waals surface area contributed by atoms with Crippen molar-refractivity contribution in [2.24, 2.45) is 5.73 Å². The van der Waals surface area contributed by atoms with E-state index >= 15 is 0 Å². The molecule has 0 aliphatic heterocycles. The van der Waals surface area contributed by atoms with Crippen molar-refractivity contribution in [3.63, 3.8) is 0 Å². The van der Waals surface area contributed by atoms with Gasteiger partial charge < -0.3 is 5.73 Å². The molecule has 0 radical (unpaired) electrons. The molecule has 3 N–H and O–H groups in total. The van der Waals surface area contributed by atoms with Gasteiger partial charge in [-0.15, -0.1) is 0 Å². The van der Waals surface area contributed by atoms with Crippen LogP contribution in [-0.4, -0.2) is 19.0 Å². The van der Waals surface area contributed by atoms with E-state index in [9.17, 15) is 8.42 Å². The number of rotatable bonds is 5. The maximum absolute atomic E-state index is 11.0. The molecule has 1 aromatic carbocycles. The smallest absolute Gasteiger partial charge is 0.294 e. The van der Waals surface area contributed by atoms with Crippen LogP contribution in [0.4, 0.5) is 0 Å². The Kier molecular flexibility index (Phi) is 4.53. The minimum atomic E-state index is -4.12. The molecule has 0 spiro atoms. The Balaban J connectivity index is 2.97. The van der Waals surface area contributed by atoms with Gasteiger partial charge >= 0.3 is 0 Å². The van der Waals surface area contributed by atoms with Crippen molar-refractivity contribution >= 4 is 10.1 Å². The fraction of sp³-hybridized carbons (Fsp3) is 0.538. The van der Waals surface area contributed by atoms with Crippen molar-refractivity contribution in [3.05, 3.63) is 29.8 Å². The maximum atomic E-state index is 11.0. The van der Waals surface area contributed by atoms with Gasteiger partial charge in [0, 0.05) is 6.04 Å². The second-order valence-corrected chi connectivity index (χ2v) is 6.68. The lowest BCUT2D eigenvalue weighted by molar-refractivity contribution is 0.416. The number of hydrogen-bond acceptors (Lipinski definition) is 3. The molecular formula is C13H21NO3S. The van der Waals surface area contributed by atoms with Crippen LogP contribution in [-0.2, 0) is 15.5 Å². The summed E-state index contributed by atoms with van der Waals surface area (Å²) in [5.41, 5.74) is 6.85. The first-order chi connectivity index (χ1) is 8.16. The minimum absolute atomic E-state index is 0.0816. The molecule has 0 aliphatic rings. The van der Waals surface area contributed by atoms with Crippen LogP contribution < -0.4 is 5.73 Å². The third-order valence-electron chi connectivity index (χ3n) is 3.23. The molecule has 1 unspecified atom stereocenters. The molecule has 0 saturated carbocycles. The molecule has 0 fully saturated rings. The first-order valence-electron chi connectivity index (χ1n) is 6.00. The van der Waals surface area contributed by atoms with Gasteiger partial charge in [-0.25, -0.2) is 0 Å². The average Bonchev–Trinajstić information content (AvgIpc) is 2.27. The van der Waals surface area contributed by atoms with Gasteiger partial charge in [0.25, 0.3) is 10.1 Å². The lowest BCUT2D eigenvalue weighted by Gasteiger charge is -2.28. The summed E-state index contributed by atoms with van der Waals surface area (Å²) in [5.74, 6) is 0. The summed E-state index contributed by atoms with van der Waals surface area (Å²) >= 11 is 0. The van der Waals surface area contributed by atoms with Gasteiger partial charge in [0.1, 0.15) is 0 Å². The first kappa shape index (κ1) is 15.1. The van der Waals surface area contributed by atoms with E-state index in [2.05, 4.69) is 13.8 Å². The monoisotopic (exact) mass is 271 g/mol. The van der Waals surface area contributed by atoms with Crippen LogP contribution in [0.25, 0.3) is 0 Å². The van der Waals surface area contributed by atoms with Gasteiger partial charge in [-0.3, -0.25) is 4.55 Å². The summed E-state index contributed by atoms with van der Waals surface area (Å²) in [6.45, 7) is 6.19. The van der Waals surface area contributed by atoms with E-state index in [0.717, 1.165) is 18.4 Å². The van der Waals surface area contributed by atoms with Gasteiger partial charge in [-0.1, -0.05) is 32.9 Å². The summed E-state index contributed by atoms with van der Waals surface area (Å²) in [7, 11) is -4.12. The highest BCUT2D eigenvalue weighted by atomic mass is 32.2. The van der Waals surface area contributed by atoms with E-state index in [1.807, 2.05) is 6.92 Å². The third-order valence-corrected chi connectivity index (χ3v) is 4.10. The molecule has 4 nitrogen and oxygen atoms in total. The second-order valence-electron chi connectivity index (χ2n) is 5.26. The second kappa shape index (κ2) is 5.38. The predicted octanol–water partition coefficient (Wildman–Crippen LogP) is 2.34. The van der Waals surface area contributed by atoms with Crippen LogP contribution in [0.15, 0.2) is 29.2 Å². The normalized spacial score (nSPS) is 14.5. The van der Waals surface area contributed by atoms with Crippen molar-refractivity contribution in [1.29, 1.82) is 0 Å². The van der Waals surface area contributed by atoms with Gasteiger partial charge in [-0.2, -0.15) is 8.42 Å². The Hall–Kier alpha value is -0.910. The topological polar surface area (TPSA) is 80.4 Å². The molecule has 18 heavy (non-hydrogen) atoms. The van der Waals surface area contributed by atoms with Gasteiger partial charge in [0.15, 0.2) is 0 Å². The van der Waals surface area contributed by atoms with Crippen molar-refractivity contribution in [3.8, 4) is 0 Å². The quantitative estimate of drug-likeness (QED) is 0.805.